The van der Waals surface area contributed by atoms with Gasteiger partial charge in [0.25, 0.3) is 0 Å². The fraction of sp³-hybridized carbons (Fsp3) is 0.375. The van der Waals surface area contributed by atoms with Crippen molar-refractivity contribution in [3.05, 3.63) is 58.9 Å². The molecule has 5 heteroatoms. The van der Waals surface area contributed by atoms with Gasteiger partial charge in [-0.2, -0.15) is 13.2 Å². The molecule has 2 N–H and O–H groups in total. The van der Waals surface area contributed by atoms with Crippen molar-refractivity contribution in [3.63, 3.8) is 0 Å². The van der Waals surface area contributed by atoms with E-state index in [-0.39, 0.29) is 0 Å². The molecule has 0 saturated heterocycles. The highest BCUT2D eigenvalue weighted by atomic mass is 19.4. The zero-order chi connectivity index (χ0) is 15.9. The molecule has 0 bridgehead atoms. The van der Waals surface area contributed by atoms with Crippen LogP contribution in [0.3, 0.4) is 0 Å². The number of allylic oxidation sites excluding steroid dienone is 4. The molecule has 21 heavy (non-hydrogen) atoms. The van der Waals surface area contributed by atoms with Gasteiger partial charge in [0.05, 0.1) is 5.56 Å². The van der Waals surface area contributed by atoms with Gasteiger partial charge in [-0.15, -0.1) is 0 Å². The fourth-order valence-corrected chi connectivity index (χ4v) is 1.70. The summed E-state index contributed by atoms with van der Waals surface area (Å²) in [6, 6.07) is 5.44. The Balaban J connectivity index is 2.53. The molecule has 0 aromatic heterocycles. The van der Waals surface area contributed by atoms with E-state index < -0.39 is 11.7 Å². The van der Waals surface area contributed by atoms with E-state index >= 15 is 0 Å². The van der Waals surface area contributed by atoms with Crippen LogP contribution in [0.4, 0.5) is 13.2 Å². The molecule has 0 fully saturated rings. The molecule has 1 rings (SSSR count). The van der Waals surface area contributed by atoms with Crippen molar-refractivity contribution in [1.29, 1.82) is 0 Å². The smallest absolute Gasteiger partial charge is 0.392 e. The van der Waals surface area contributed by atoms with Crippen LogP contribution in [0.15, 0.2) is 47.8 Å². The largest absolute Gasteiger partial charge is 0.416 e. The van der Waals surface area contributed by atoms with Gasteiger partial charge >= 0.3 is 6.18 Å². The summed E-state index contributed by atoms with van der Waals surface area (Å²) in [7, 11) is 1.84. The van der Waals surface area contributed by atoms with Crippen LogP contribution in [-0.2, 0) is 12.6 Å². The second-order valence-corrected chi connectivity index (χ2v) is 4.82. The summed E-state index contributed by atoms with van der Waals surface area (Å²) in [6.45, 7) is 4.47. The zero-order valence-corrected chi connectivity index (χ0v) is 12.5. The third-order valence-electron chi connectivity index (χ3n) is 3.05. The molecular formula is C16H21F3N2. The first kappa shape index (κ1) is 17.1. The van der Waals surface area contributed by atoms with Crippen LogP contribution >= 0.6 is 0 Å². The predicted octanol–water partition coefficient (Wildman–Crippen LogP) is 3.86. The van der Waals surface area contributed by atoms with E-state index in [1.54, 1.807) is 6.07 Å². The SMILES string of the molecule is CN/C(C)=C/C=C(\C)NCCc1cccc(C(F)(F)F)c1. The Bertz CT molecular complexity index is 516. The van der Waals surface area contributed by atoms with E-state index in [0.29, 0.717) is 18.5 Å². The molecular weight excluding hydrogens is 277 g/mol. The molecule has 0 atom stereocenters. The normalized spacial score (nSPS) is 13.2. The first-order chi connectivity index (χ1) is 9.82. The van der Waals surface area contributed by atoms with Crippen LogP contribution in [0.2, 0.25) is 0 Å². The summed E-state index contributed by atoms with van der Waals surface area (Å²) < 4.78 is 37.8. The van der Waals surface area contributed by atoms with Gasteiger partial charge in [-0.3, -0.25) is 0 Å². The van der Waals surface area contributed by atoms with E-state index in [0.717, 1.165) is 17.5 Å². The Labute approximate surface area is 123 Å². The average Bonchev–Trinajstić information content (AvgIpc) is 2.44. The Morgan fingerprint density at radius 3 is 2.43 bits per heavy atom. The van der Waals surface area contributed by atoms with Crippen LogP contribution in [-0.4, -0.2) is 13.6 Å². The van der Waals surface area contributed by atoms with Gasteiger partial charge in [0, 0.05) is 25.0 Å². The highest BCUT2D eigenvalue weighted by Crippen LogP contribution is 2.29. The minimum absolute atomic E-state index is 0.545. The van der Waals surface area contributed by atoms with Gasteiger partial charge in [-0.1, -0.05) is 18.2 Å². The molecule has 1 aromatic carbocycles. The topological polar surface area (TPSA) is 24.1 Å². The van der Waals surface area contributed by atoms with Crippen LogP contribution in [0, 0.1) is 0 Å². The lowest BCUT2D eigenvalue weighted by Gasteiger charge is -2.10. The highest BCUT2D eigenvalue weighted by Gasteiger charge is 2.30. The van der Waals surface area contributed by atoms with Crippen LogP contribution in [0.25, 0.3) is 0 Å². The average molecular weight is 298 g/mol. The molecule has 0 unspecified atom stereocenters. The van der Waals surface area contributed by atoms with Gasteiger partial charge in [0.15, 0.2) is 0 Å². The van der Waals surface area contributed by atoms with E-state index in [2.05, 4.69) is 10.6 Å². The quantitative estimate of drug-likeness (QED) is 0.779. The maximum Gasteiger partial charge on any atom is 0.416 e. The highest BCUT2D eigenvalue weighted by molar-refractivity contribution is 5.26. The molecule has 2 nitrogen and oxygen atoms in total. The molecule has 0 heterocycles. The second-order valence-electron chi connectivity index (χ2n) is 4.82. The summed E-state index contributed by atoms with van der Waals surface area (Å²) in [5, 5.41) is 6.18. The first-order valence-corrected chi connectivity index (χ1v) is 6.76. The van der Waals surface area contributed by atoms with Gasteiger partial charge < -0.3 is 10.6 Å². The number of nitrogens with one attached hydrogen (secondary N) is 2. The van der Waals surface area contributed by atoms with Crippen molar-refractivity contribution >= 4 is 0 Å². The number of rotatable bonds is 6. The third-order valence-corrected chi connectivity index (χ3v) is 3.05. The molecule has 1 aromatic rings. The van der Waals surface area contributed by atoms with Crippen molar-refractivity contribution in [3.8, 4) is 0 Å². The summed E-state index contributed by atoms with van der Waals surface area (Å²) in [4.78, 5) is 0. The van der Waals surface area contributed by atoms with Crippen molar-refractivity contribution in [2.75, 3.05) is 13.6 Å². The summed E-state index contributed by atoms with van der Waals surface area (Å²) in [5.41, 5.74) is 2.08. The maximum atomic E-state index is 12.6. The lowest BCUT2D eigenvalue weighted by atomic mass is 10.1. The number of halogens is 3. The van der Waals surface area contributed by atoms with Crippen molar-refractivity contribution in [2.24, 2.45) is 0 Å². The standard InChI is InChI=1S/C16H21F3N2/c1-12(20-3)7-8-13(2)21-10-9-14-5-4-6-15(11-14)16(17,18)19/h4-8,11,20-21H,9-10H2,1-3H3/b12-7+,13-8+. The number of alkyl halides is 3. The lowest BCUT2D eigenvalue weighted by molar-refractivity contribution is -0.137. The lowest BCUT2D eigenvalue weighted by Crippen LogP contribution is -2.15. The van der Waals surface area contributed by atoms with E-state index in [4.69, 9.17) is 0 Å². The van der Waals surface area contributed by atoms with Crippen LogP contribution < -0.4 is 10.6 Å². The van der Waals surface area contributed by atoms with Crippen molar-refractivity contribution in [1.82, 2.24) is 10.6 Å². The van der Waals surface area contributed by atoms with Gasteiger partial charge in [-0.05, 0) is 44.1 Å². The Hall–Kier alpha value is -1.91. The monoisotopic (exact) mass is 298 g/mol. The Morgan fingerprint density at radius 2 is 1.81 bits per heavy atom. The molecule has 0 saturated carbocycles. The minimum atomic E-state index is -4.28. The van der Waals surface area contributed by atoms with Gasteiger partial charge in [-0.25, -0.2) is 0 Å². The number of benzene rings is 1. The Morgan fingerprint density at radius 1 is 1.14 bits per heavy atom. The third kappa shape index (κ3) is 6.38. The zero-order valence-electron chi connectivity index (χ0n) is 12.5. The van der Waals surface area contributed by atoms with Crippen molar-refractivity contribution in [2.45, 2.75) is 26.4 Å². The Kier molecular flexibility index (Phi) is 6.34. The molecule has 0 aliphatic carbocycles. The molecule has 0 amide bonds. The van der Waals surface area contributed by atoms with Crippen molar-refractivity contribution < 1.29 is 13.2 Å². The maximum absolute atomic E-state index is 12.6. The summed E-state index contributed by atoms with van der Waals surface area (Å²) in [5.74, 6) is 0. The van der Waals surface area contributed by atoms with Crippen LogP contribution in [0.1, 0.15) is 25.0 Å². The van der Waals surface area contributed by atoms with E-state index in [1.165, 1.54) is 12.1 Å². The fourth-order valence-electron chi connectivity index (χ4n) is 1.70. The molecule has 116 valence electrons. The predicted molar refractivity (Wildman–Crippen MR) is 79.7 cm³/mol. The van der Waals surface area contributed by atoms with Crippen LogP contribution in [0.5, 0.6) is 0 Å². The molecule has 0 aliphatic heterocycles. The number of hydrogen-bond donors (Lipinski definition) is 2. The first-order valence-electron chi connectivity index (χ1n) is 6.76. The van der Waals surface area contributed by atoms with E-state index in [1.807, 2.05) is 33.0 Å². The summed E-state index contributed by atoms with van der Waals surface area (Å²) in [6.07, 6.45) is 0.128. The second kappa shape index (κ2) is 7.76. The molecule has 0 radical (unpaired) electrons. The van der Waals surface area contributed by atoms with Gasteiger partial charge in [0.2, 0.25) is 0 Å². The minimum Gasteiger partial charge on any atom is -0.392 e. The van der Waals surface area contributed by atoms with Gasteiger partial charge in [0.1, 0.15) is 0 Å². The number of hydrogen-bond acceptors (Lipinski definition) is 2. The summed E-state index contributed by atoms with van der Waals surface area (Å²) >= 11 is 0. The molecule has 0 spiro atoms. The van der Waals surface area contributed by atoms with E-state index in [9.17, 15) is 13.2 Å². The molecule has 0 aliphatic rings.